The number of aliphatic hydroxyl groups is 2. The molecule has 2 N–H and O–H groups in total. The normalized spacial score (nSPS) is 7.20. The fourth-order valence-electron chi connectivity index (χ4n) is 0. The van der Waals surface area contributed by atoms with Crippen LogP contribution in [0.3, 0.4) is 0 Å². The van der Waals surface area contributed by atoms with E-state index in [0.29, 0.717) is 0 Å². The zero-order chi connectivity index (χ0) is 8.99. The van der Waals surface area contributed by atoms with Gasteiger partial charge in [0.15, 0.2) is 0 Å². The first-order valence-corrected chi connectivity index (χ1v) is 4.04. The van der Waals surface area contributed by atoms with Crippen LogP contribution in [0.15, 0.2) is 0 Å². The SMILES string of the molecule is CC(C)O.CCO.ClCCl. The van der Waals surface area contributed by atoms with Crippen molar-refractivity contribution in [2.24, 2.45) is 0 Å². The molecule has 0 fully saturated rings. The lowest BCUT2D eigenvalue weighted by Crippen LogP contribution is -1.85. The highest BCUT2D eigenvalue weighted by atomic mass is 35.5. The van der Waals surface area contributed by atoms with Crippen molar-refractivity contribution in [1.82, 2.24) is 0 Å². The molecule has 0 amide bonds. The van der Waals surface area contributed by atoms with Gasteiger partial charge in [0.05, 0.1) is 5.34 Å². The van der Waals surface area contributed by atoms with Crippen LogP contribution in [0.1, 0.15) is 20.8 Å². The Morgan fingerprint density at radius 3 is 1.30 bits per heavy atom. The maximum atomic E-state index is 8.06. The summed E-state index contributed by atoms with van der Waals surface area (Å²) in [7, 11) is 0. The van der Waals surface area contributed by atoms with E-state index in [-0.39, 0.29) is 18.1 Å². The van der Waals surface area contributed by atoms with Gasteiger partial charge in [-0.2, -0.15) is 0 Å². The fourth-order valence-corrected chi connectivity index (χ4v) is 0. The minimum Gasteiger partial charge on any atom is -0.397 e. The van der Waals surface area contributed by atoms with Crippen LogP contribution in [-0.4, -0.2) is 28.3 Å². The molecule has 0 aromatic rings. The summed E-state index contributed by atoms with van der Waals surface area (Å²) in [6.07, 6.45) is -0.167. The van der Waals surface area contributed by atoms with Gasteiger partial charge in [0.2, 0.25) is 0 Å². The van der Waals surface area contributed by atoms with Crippen LogP contribution in [0.4, 0.5) is 0 Å². The molecule has 0 atom stereocenters. The third kappa shape index (κ3) is 1910. The molecular weight excluding hydrogens is 175 g/mol. The molecule has 0 aliphatic carbocycles. The highest BCUT2D eigenvalue weighted by Gasteiger charge is 1.69. The van der Waals surface area contributed by atoms with E-state index in [0.717, 1.165) is 0 Å². The molecule has 0 aromatic carbocycles. The molecule has 0 aromatic heterocycles. The summed E-state index contributed by atoms with van der Waals surface area (Å²) in [6.45, 7) is 5.38. The molecule has 0 heterocycles. The summed E-state index contributed by atoms with van der Waals surface area (Å²) in [5.41, 5.74) is 0. The molecule has 0 aliphatic heterocycles. The number of rotatable bonds is 0. The second kappa shape index (κ2) is 22.7. The minimum absolute atomic E-state index is 0.167. The first-order chi connectivity index (χ1) is 4.56. The lowest BCUT2D eigenvalue weighted by atomic mass is 10.5. The lowest BCUT2D eigenvalue weighted by Gasteiger charge is -1.80. The minimum atomic E-state index is -0.167. The quantitative estimate of drug-likeness (QED) is 0.573. The van der Waals surface area contributed by atoms with Gasteiger partial charge in [-0.25, -0.2) is 0 Å². The molecule has 0 aliphatic rings. The van der Waals surface area contributed by atoms with Gasteiger partial charge in [-0.05, 0) is 20.8 Å². The molecule has 0 unspecified atom stereocenters. The Morgan fingerprint density at radius 1 is 1.30 bits per heavy atom. The van der Waals surface area contributed by atoms with Crippen molar-refractivity contribution in [2.45, 2.75) is 26.9 Å². The third-order valence-corrected chi connectivity index (χ3v) is 0. The van der Waals surface area contributed by atoms with E-state index in [4.69, 9.17) is 33.4 Å². The van der Waals surface area contributed by atoms with Gasteiger partial charge < -0.3 is 10.2 Å². The number of alkyl halides is 2. The predicted octanol–water partition coefficient (Wildman–Crippen LogP) is 1.81. The molecule has 0 saturated heterocycles. The van der Waals surface area contributed by atoms with Crippen LogP contribution >= 0.6 is 23.2 Å². The van der Waals surface area contributed by atoms with Crippen molar-refractivity contribution in [3.05, 3.63) is 0 Å². The molecule has 10 heavy (non-hydrogen) atoms. The Morgan fingerprint density at radius 2 is 1.30 bits per heavy atom. The molecule has 2 nitrogen and oxygen atoms in total. The van der Waals surface area contributed by atoms with Crippen molar-refractivity contribution in [3.63, 3.8) is 0 Å². The molecule has 0 spiro atoms. The third-order valence-electron chi connectivity index (χ3n) is 0. The highest BCUT2D eigenvalue weighted by molar-refractivity contribution is 6.40. The summed E-state index contributed by atoms with van der Waals surface area (Å²) in [4.78, 5) is 0. The van der Waals surface area contributed by atoms with Gasteiger partial charge in [-0.3, -0.25) is 0 Å². The Bertz CT molecular complexity index is 30.2. The van der Waals surface area contributed by atoms with Crippen LogP contribution in [0.25, 0.3) is 0 Å². The van der Waals surface area contributed by atoms with Crippen molar-refractivity contribution < 1.29 is 10.2 Å². The van der Waals surface area contributed by atoms with Crippen LogP contribution in [-0.2, 0) is 0 Å². The van der Waals surface area contributed by atoms with Crippen molar-refractivity contribution in [2.75, 3.05) is 11.9 Å². The van der Waals surface area contributed by atoms with Crippen LogP contribution < -0.4 is 0 Å². The highest BCUT2D eigenvalue weighted by Crippen LogP contribution is 1.73. The Labute approximate surface area is 72.8 Å². The number of hydrogen-bond acceptors (Lipinski definition) is 2. The lowest BCUT2D eigenvalue weighted by molar-refractivity contribution is 0.216. The fraction of sp³-hybridized carbons (Fsp3) is 1.00. The van der Waals surface area contributed by atoms with Gasteiger partial charge in [0.25, 0.3) is 0 Å². The smallest absolute Gasteiger partial charge is 0.0967 e. The van der Waals surface area contributed by atoms with E-state index < -0.39 is 0 Å². The van der Waals surface area contributed by atoms with Gasteiger partial charge in [-0.1, -0.05) is 0 Å². The summed E-state index contributed by atoms with van der Waals surface area (Å²) < 4.78 is 0. The van der Waals surface area contributed by atoms with Crippen molar-refractivity contribution >= 4 is 23.2 Å². The first kappa shape index (κ1) is 16.8. The zero-order valence-electron chi connectivity index (χ0n) is 6.64. The summed E-state index contributed by atoms with van der Waals surface area (Å²) in [6, 6.07) is 0. The van der Waals surface area contributed by atoms with Crippen LogP contribution in [0.5, 0.6) is 0 Å². The monoisotopic (exact) mass is 190 g/mol. The maximum absolute atomic E-state index is 8.06. The summed E-state index contributed by atoms with van der Waals surface area (Å²) in [5, 5.41) is 15.8. The zero-order valence-corrected chi connectivity index (χ0v) is 8.15. The average molecular weight is 191 g/mol. The van der Waals surface area contributed by atoms with Gasteiger partial charge in [-0.15, -0.1) is 23.2 Å². The summed E-state index contributed by atoms with van der Waals surface area (Å²) in [5.74, 6) is 0. The van der Waals surface area contributed by atoms with Crippen molar-refractivity contribution in [1.29, 1.82) is 0 Å². The average Bonchev–Trinajstić information content (AvgIpc) is 1.65. The largest absolute Gasteiger partial charge is 0.397 e. The standard InChI is InChI=1S/C3H8O.C2H6O.CH2Cl2/c1-3(2)4;1-2-3;2-1-3/h3-4H,1-2H3;3H,2H2,1H3;1H2. The Kier molecular flexibility index (Phi) is 38.2. The molecule has 0 radical (unpaired) electrons. The molecule has 0 rings (SSSR count). The number of halogens is 2. The predicted molar refractivity (Wildman–Crippen MR) is 46.7 cm³/mol. The van der Waals surface area contributed by atoms with E-state index in [1.807, 2.05) is 0 Å². The van der Waals surface area contributed by atoms with Crippen LogP contribution in [0, 0.1) is 0 Å². The topological polar surface area (TPSA) is 40.5 Å². The van der Waals surface area contributed by atoms with Crippen molar-refractivity contribution in [3.8, 4) is 0 Å². The van der Waals surface area contributed by atoms with E-state index >= 15 is 0 Å². The van der Waals surface area contributed by atoms with Crippen LogP contribution in [0.2, 0.25) is 0 Å². The number of aliphatic hydroxyl groups excluding tert-OH is 2. The van der Waals surface area contributed by atoms with E-state index in [1.165, 1.54) is 0 Å². The van der Waals surface area contributed by atoms with E-state index in [2.05, 4.69) is 0 Å². The molecular formula is C6H16Cl2O2. The second-order valence-corrected chi connectivity index (χ2v) is 2.32. The Hall–Kier alpha value is 0.500. The molecule has 0 bridgehead atoms. The molecule has 66 valence electrons. The molecule has 0 saturated carbocycles. The second-order valence-electron chi connectivity index (χ2n) is 1.51. The number of hydrogen-bond donors (Lipinski definition) is 2. The summed E-state index contributed by atoms with van der Waals surface area (Å²) >= 11 is 9.53. The first-order valence-electron chi connectivity index (χ1n) is 2.97. The van der Waals surface area contributed by atoms with Gasteiger partial charge >= 0.3 is 0 Å². The van der Waals surface area contributed by atoms with Gasteiger partial charge in [0, 0.05) is 12.7 Å². The van der Waals surface area contributed by atoms with E-state index in [1.54, 1.807) is 20.8 Å². The van der Waals surface area contributed by atoms with E-state index in [9.17, 15) is 0 Å². The Balaban J connectivity index is -0.0000000750. The van der Waals surface area contributed by atoms with Gasteiger partial charge in [0.1, 0.15) is 0 Å². The maximum Gasteiger partial charge on any atom is 0.0967 e. The molecule has 4 heteroatoms.